The Bertz CT molecular complexity index is 312. The van der Waals surface area contributed by atoms with E-state index < -0.39 is 0 Å². The lowest BCUT2D eigenvalue weighted by Gasteiger charge is -2.19. The summed E-state index contributed by atoms with van der Waals surface area (Å²) < 4.78 is 5.26. The highest BCUT2D eigenvalue weighted by atomic mass is 16.5. The molecule has 0 spiro atoms. The van der Waals surface area contributed by atoms with Gasteiger partial charge in [-0.1, -0.05) is 6.92 Å². The number of aryl methyl sites for hydroxylation is 1. The van der Waals surface area contributed by atoms with Crippen LogP contribution in [0.4, 0.5) is 5.69 Å². The molecule has 15 heavy (non-hydrogen) atoms. The molecule has 1 aromatic rings. The zero-order chi connectivity index (χ0) is 11.3. The molecule has 0 heterocycles. The second-order valence-electron chi connectivity index (χ2n) is 3.49. The number of hydrogen-bond acceptors (Lipinski definition) is 3. The Kier molecular flexibility index (Phi) is 4.43. The number of anilines is 1. The van der Waals surface area contributed by atoms with Gasteiger partial charge in [0.15, 0.2) is 0 Å². The Morgan fingerprint density at radius 3 is 2.67 bits per heavy atom. The van der Waals surface area contributed by atoms with Crippen molar-refractivity contribution >= 4 is 5.69 Å². The summed E-state index contributed by atoms with van der Waals surface area (Å²) in [6, 6.07) is 6.09. The first-order chi connectivity index (χ1) is 7.22. The van der Waals surface area contributed by atoms with E-state index in [1.54, 1.807) is 7.11 Å². The third kappa shape index (κ3) is 2.86. The molecular formula is C12H19NO2. The Morgan fingerprint density at radius 2 is 2.13 bits per heavy atom. The quantitative estimate of drug-likeness (QED) is 0.801. The van der Waals surface area contributed by atoms with Gasteiger partial charge < -0.3 is 14.7 Å². The van der Waals surface area contributed by atoms with Gasteiger partial charge in [0.25, 0.3) is 0 Å². The molecule has 3 heteroatoms. The molecular weight excluding hydrogens is 190 g/mol. The number of aliphatic hydroxyl groups is 1. The fraction of sp³-hybridized carbons (Fsp3) is 0.500. The molecule has 1 aromatic carbocycles. The van der Waals surface area contributed by atoms with Gasteiger partial charge in [0.1, 0.15) is 5.75 Å². The van der Waals surface area contributed by atoms with Crippen molar-refractivity contribution in [2.24, 2.45) is 0 Å². The average Bonchev–Trinajstić information content (AvgIpc) is 2.28. The fourth-order valence-corrected chi connectivity index (χ4v) is 1.56. The van der Waals surface area contributed by atoms with Gasteiger partial charge in [0, 0.05) is 19.3 Å². The zero-order valence-electron chi connectivity index (χ0n) is 9.66. The average molecular weight is 209 g/mol. The summed E-state index contributed by atoms with van der Waals surface area (Å²) in [6.45, 7) is 2.92. The molecule has 1 rings (SSSR count). The Balaban J connectivity index is 2.92. The number of rotatable bonds is 5. The number of benzene rings is 1. The van der Waals surface area contributed by atoms with Crippen LogP contribution in [-0.4, -0.2) is 32.4 Å². The van der Waals surface area contributed by atoms with Gasteiger partial charge in [-0.15, -0.1) is 0 Å². The van der Waals surface area contributed by atoms with E-state index in [0.29, 0.717) is 6.54 Å². The number of hydrogen-bond donors (Lipinski definition) is 1. The highest BCUT2D eigenvalue weighted by Crippen LogP contribution is 2.24. The summed E-state index contributed by atoms with van der Waals surface area (Å²) in [5.74, 6) is 0.929. The molecule has 0 aliphatic heterocycles. The van der Waals surface area contributed by atoms with Gasteiger partial charge in [0.2, 0.25) is 0 Å². The van der Waals surface area contributed by atoms with Crippen LogP contribution < -0.4 is 9.64 Å². The highest BCUT2D eigenvalue weighted by molar-refractivity contribution is 5.52. The van der Waals surface area contributed by atoms with Crippen molar-refractivity contribution in [1.82, 2.24) is 0 Å². The predicted molar refractivity (Wildman–Crippen MR) is 62.7 cm³/mol. The number of methoxy groups -OCH3 is 1. The van der Waals surface area contributed by atoms with Crippen LogP contribution in [0.15, 0.2) is 18.2 Å². The molecule has 3 nitrogen and oxygen atoms in total. The molecule has 0 aliphatic rings. The van der Waals surface area contributed by atoms with E-state index in [4.69, 9.17) is 9.84 Å². The predicted octanol–water partition coefficient (Wildman–Crippen LogP) is 1.69. The summed E-state index contributed by atoms with van der Waals surface area (Å²) in [7, 11) is 3.66. The Morgan fingerprint density at radius 1 is 1.40 bits per heavy atom. The first-order valence-electron chi connectivity index (χ1n) is 5.21. The maximum Gasteiger partial charge on any atom is 0.122 e. The van der Waals surface area contributed by atoms with Crippen LogP contribution >= 0.6 is 0 Å². The molecule has 0 aliphatic carbocycles. The van der Waals surface area contributed by atoms with Crippen molar-refractivity contribution < 1.29 is 9.84 Å². The minimum atomic E-state index is 0.171. The van der Waals surface area contributed by atoms with Gasteiger partial charge in [-0.05, 0) is 30.2 Å². The third-order valence-corrected chi connectivity index (χ3v) is 2.52. The van der Waals surface area contributed by atoms with Gasteiger partial charge in [0.05, 0.1) is 13.7 Å². The fourth-order valence-electron chi connectivity index (χ4n) is 1.56. The smallest absolute Gasteiger partial charge is 0.122 e. The van der Waals surface area contributed by atoms with Crippen LogP contribution in [0.1, 0.15) is 12.5 Å². The van der Waals surface area contributed by atoms with Gasteiger partial charge in [-0.3, -0.25) is 0 Å². The minimum Gasteiger partial charge on any atom is -0.496 e. The highest BCUT2D eigenvalue weighted by Gasteiger charge is 2.05. The topological polar surface area (TPSA) is 32.7 Å². The van der Waals surface area contributed by atoms with Crippen molar-refractivity contribution in [2.45, 2.75) is 13.3 Å². The standard InChI is InChI=1S/C12H19NO2/c1-4-10-9-11(13(2)7-8-14)5-6-12(10)15-3/h5-6,9,14H,4,7-8H2,1-3H3. The number of likely N-dealkylation sites (N-methyl/N-ethyl adjacent to an activating group) is 1. The normalized spacial score (nSPS) is 10.1. The van der Waals surface area contributed by atoms with Crippen LogP contribution in [0.25, 0.3) is 0 Å². The van der Waals surface area contributed by atoms with Crippen molar-refractivity contribution in [3.8, 4) is 5.75 Å². The second-order valence-corrected chi connectivity index (χ2v) is 3.49. The monoisotopic (exact) mass is 209 g/mol. The number of ether oxygens (including phenoxy) is 1. The van der Waals surface area contributed by atoms with Crippen molar-refractivity contribution in [3.63, 3.8) is 0 Å². The number of aliphatic hydroxyl groups excluding tert-OH is 1. The molecule has 0 aromatic heterocycles. The molecule has 0 saturated carbocycles. The first-order valence-corrected chi connectivity index (χ1v) is 5.21. The van der Waals surface area contributed by atoms with E-state index in [9.17, 15) is 0 Å². The van der Waals surface area contributed by atoms with E-state index >= 15 is 0 Å². The summed E-state index contributed by atoms with van der Waals surface area (Å²) in [5.41, 5.74) is 2.31. The maximum atomic E-state index is 8.86. The van der Waals surface area contributed by atoms with E-state index in [1.807, 2.05) is 24.1 Å². The van der Waals surface area contributed by atoms with E-state index in [0.717, 1.165) is 17.9 Å². The van der Waals surface area contributed by atoms with Crippen molar-refractivity contribution in [2.75, 3.05) is 32.2 Å². The molecule has 0 unspecified atom stereocenters. The molecule has 0 fully saturated rings. The van der Waals surface area contributed by atoms with Crippen molar-refractivity contribution in [3.05, 3.63) is 23.8 Å². The second kappa shape index (κ2) is 5.61. The molecule has 0 atom stereocenters. The molecule has 0 amide bonds. The minimum absolute atomic E-state index is 0.171. The zero-order valence-corrected chi connectivity index (χ0v) is 9.66. The lowest BCUT2D eigenvalue weighted by atomic mass is 10.1. The van der Waals surface area contributed by atoms with Crippen LogP contribution in [0.5, 0.6) is 5.75 Å². The van der Waals surface area contributed by atoms with E-state index in [1.165, 1.54) is 5.56 Å². The molecule has 0 saturated heterocycles. The molecule has 0 radical (unpaired) electrons. The largest absolute Gasteiger partial charge is 0.496 e. The molecule has 84 valence electrons. The first kappa shape index (κ1) is 11.9. The van der Waals surface area contributed by atoms with Crippen LogP contribution in [-0.2, 0) is 6.42 Å². The molecule has 0 bridgehead atoms. The molecule has 1 N–H and O–H groups in total. The van der Waals surface area contributed by atoms with E-state index in [-0.39, 0.29) is 6.61 Å². The summed E-state index contributed by atoms with van der Waals surface area (Å²) in [5, 5.41) is 8.86. The van der Waals surface area contributed by atoms with E-state index in [2.05, 4.69) is 13.0 Å². The van der Waals surface area contributed by atoms with Crippen LogP contribution in [0, 0.1) is 0 Å². The Hall–Kier alpha value is -1.22. The summed E-state index contributed by atoms with van der Waals surface area (Å²) in [4.78, 5) is 2.03. The maximum absolute atomic E-state index is 8.86. The van der Waals surface area contributed by atoms with Gasteiger partial charge >= 0.3 is 0 Å². The van der Waals surface area contributed by atoms with Gasteiger partial charge in [-0.2, -0.15) is 0 Å². The van der Waals surface area contributed by atoms with Gasteiger partial charge in [-0.25, -0.2) is 0 Å². The summed E-state index contributed by atoms with van der Waals surface area (Å²) >= 11 is 0. The SMILES string of the molecule is CCc1cc(N(C)CCO)ccc1OC. The Labute approximate surface area is 91.3 Å². The summed E-state index contributed by atoms with van der Waals surface area (Å²) in [6.07, 6.45) is 0.948. The third-order valence-electron chi connectivity index (χ3n) is 2.52. The van der Waals surface area contributed by atoms with Crippen LogP contribution in [0.2, 0.25) is 0 Å². The van der Waals surface area contributed by atoms with Crippen LogP contribution in [0.3, 0.4) is 0 Å². The lowest BCUT2D eigenvalue weighted by Crippen LogP contribution is -2.21. The lowest BCUT2D eigenvalue weighted by molar-refractivity contribution is 0.304. The van der Waals surface area contributed by atoms with Crippen molar-refractivity contribution in [1.29, 1.82) is 0 Å². The number of nitrogens with zero attached hydrogens (tertiary/aromatic N) is 1.